The van der Waals surface area contributed by atoms with Crippen molar-refractivity contribution in [2.75, 3.05) is 17.2 Å². The first-order valence-electron chi connectivity index (χ1n) is 6.14. The third-order valence-corrected chi connectivity index (χ3v) is 3.14. The Morgan fingerprint density at radius 3 is 2.84 bits per heavy atom. The second-order valence-electron chi connectivity index (χ2n) is 4.04. The monoisotopic (exact) mass is 321 g/mol. The molecule has 0 aliphatic heterocycles. The van der Waals surface area contributed by atoms with Gasteiger partial charge in [0.05, 0.1) is 16.2 Å². The van der Waals surface area contributed by atoms with Crippen LogP contribution in [-0.2, 0) is 0 Å². The first-order chi connectivity index (χ1) is 9.20. The van der Waals surface area contributed by atoms with Gasteiger partial charge in [-0.05, 0) is 41.9 Å². The summed E-state index contributed by atoms with van der Waals surface area (Å²) in [6, 6.07) is 5.93. The van der Waals surface area contributed by atoms with Gasteiger partial charge in [-0.3, -0.25) is 4.98 Å². The lowest BCUT2D eigenvalue weighted by atomic mass is 10.2. The summed E-state index contributed by atoms with van der Waals surface area (Å²) in [6.07, 6.45) is 3.52. The number of nitrogens with one attached hydrogen (secondary N) is 2. The lowest BCUT2D eigenvalue weighted by molar-refractivity contribution is 0.829. The van der Waals surface area contributed by atoms with Crippen LogP contribution in [0.1, 0.15) is 25.6 Å². The maximum Gasteiger partial charge on any atom is 0.224 e. The number of aromatic nitrogens is 3. The van der Waals surface area contributed by atoms with Gasteiger partial charge in [-0.1, -0.05) is 6.07 Å². The van der Waals surface area contributed by atoms with Crippen molar-refractivity contribution in [1.82, 2.24) is 15.0 Å². The standard InChI is InChI=1S/C13H16BrN5/c1-3-15-13-17-8-10(14)12(19-13)18-9(2)11-6-4-5-7-16-11/h4-9H,3H2,1-2H3,(H2,15,17,18,19). The van der Waals surface area contributed by atoms with E-state index in [-0.39, 0.29) is 6.04 Å². The second kappa shape index (κ2) is 6.47. The van der Waals surface area contributed by atoms with Gasteiger partial charge in [0, 0.05) is 18.9 Å². The topological polar surface area (TPSA) is 62.7 Å². The van der Waals surface area contributed by atoms with Crippen molar-refractivity contribution in [2.45, 2.75) is 19.9 Å². The Morgan fingerprint density at radius 2 is 2.16 bits per heavy atom. The van der Waals surface area contributed by atoms with Gasteiger partial charge < -0.3 is 10.6 Å². The minimum Gasteiger partial charge on any atom is -0.361 e. The molecule has 1 atom stereocenters. The molecule has 0 amide bonds. The van der Waals surface area contributed by atoms with Crippen LogP contribution in [0.5, 0.6) is 0 Å². The van der Waals surface area contributed by atoms with Crippen LogP contribution in [0, 0.1) is 0 Å². The van der Waals surface area contributed by atoms with Crippen LogP contribution in [0.2, 0.25) is 0 Å². The van der Waals surface area contributed by atoms with Crippen molar-refractivity contribution in [3.63, 3.8) is 0 Å². The predicted molar refractivity (Wildman–Crippen MR) is 80.2 cm³/mol. The van der Waals surface area contributed by atoms with Crippen LogP contribution in [0.25, 0.3) is 0 Å². The fourth-order valence-corrected chi connectivity index (χ4v) is 1.93. The van der Waals surface area contributed by atoms with E-state index in [1.807, 2.05) is 32.0 Å². The van der Waals surface area contributed by atoms with E-state index < -0.39 is 0 Å². The Bertz CT molecular complexity index is 532. The Morgan fingerprint density at radius 1 is 1.32 bits per heavy atom. The van der Waals surface area contributed by atoms with Crippen molar-refractivity contribution >= 4 is 27.7 Å². The molecule has 5 nitrogen and oxygen atoms in total. The molecule has 0 spiro atoms. The zero-order valence-electron chi connectivity index (χ0n) is 10.9. The molecular weight excluding hydrogens is 306 g/mol. The third kappa shape index (κ3) is 3.64. The number of hydrogen-bond acceptors (Lipinski definition) is 5. The average molecular weight is 322 g/mol. The summed E-state index contributed by atoms with van der Waals surface area (Å²) in [5, 5.41) is 6.41. The highest BCUT2D eigenvalue weighted by molar-refractivity contribution is 9.10. The molecule has 0 bridgehead atoms. The fraction of sp³-hybridized carbons (Fsp3) is 0.308. The summed E-state index contributed by atoms with van der Waals surface area (Å²) in [7, 11) is 0. The number of hydrogen-bond donors (Lipinski definition) is 2. The Balaban J connectivity index is 2.16. The van der Waals surface area contributed by atoms with Crippen LogP contribution in [0.4, 0.5) is 11.8 Å². The highest BCUT2D eigenvalue weighted by atomic mass is 79.9. The number of pyridine rings is 1. The van der Waals surface area contributed by atoms with Crippen LogP contribution in [0.3, 0.4) is 0 Å². The number of nitrogens with zero attached hydrogens (tertiary/aromatic N) is 3. The summed E-state index contributed by atoms with van der Waals surface area (Å²) < 4.78 is 0.830. The van der Waals surface area contributed by atoms with Crippen molar-refractivity contribution < 1.29 is 0 Å². The fourth-order valence-electron chi connectivity index (χ4n) is 1.62. The summed E-state index contributed by atoms with van der Waals surface area (Å²) in [6.45, 7) is 4.84. The molecule has 0 saturated carbocycles. The van der Waals surface area contributed by atoms with E-state index >= 15 is 0 Å². The molecule has 0 saturated heterocycles. The molecule has 2 aromatic heterocycles. The molecule has 2 rings (SSSR count). The average Bonchev–Trinajstić information content (AvgIpc) is 2.44. The molecule has 0 aliphatic carbocycles. The lowest BCUT2D eigenvalue weighted by Crippen LogP contribution is -2.11. The van der Waals surface area contributed by atoms with Gasteiger partial charge in [-0.15, -0.1) is 0 Å². The van der Waals surface area contributed by atoms with Crippen molar-refractivity contribution in [3.05, 3.63) is 40.8 Å². The van der Waals surface area contributed by atoms with Gasteiger partial charge in [0.1, 0.15) is 5.82 Å². The van der Waals surface area contributed by atoms with Gasteiger partial charge in [0.2, 0.25) is 5.95 Å². The summed E-state index contributed by atoms with van der Waals surface area (Å²) in [5.41, 5.74) is 0.970. The van der Waals surface area contributed by atoms with Gasteiger partial charge in [0.25, 0.3) is 0 Å². The van der Waals surface area contributed by atoms with Crippen molar-refractivity contribution in [1.29, 1.82) is 0 Å². The molecule has 2 N–H and O–H groups in total. The van der Waals surface area contributed by atoms with Crippen LogP contribution in [0.15, 0.2) is 35.1 Å². The molecule has 2 aromatic rings. The zero-order chi connectivity index (χ0) is 13.7. The molecule has 0 fully saturated rings. The van der Waals surface area contributed by atoms with E-state index in [1.165, 1.54) is 0 Å². The summed E-state index contributed by atoms with van der Waals surface area (Å²) in [5.74, 6) is 1.37. The van der Waals surface area contributed by atoms with E-state index in [0.29, 0.717) is 5.95 Å². The minimum atomic E-state index is 0.0712. The number of halogens is 1. The quantitative estimate of drug-likeness (QED) is 0.885. The number of rotatable bonds is 5. The molecular formula is C13H16BrN5. The zero-order valence-corrected chi connectivity index (χ0v) is 12.5. The van der Waals surface area contributed by atoms with E-state index in [2.05, 4.69) is 41.5 Å². The van der Waals surface area contributed by atoms with E-state index in [0.717, 1.165) is 22.5 Å². The van der Waals surface area contributed by atoms with E-state index in [9.17, 15) is 0 Å². The minimum absolute atomic E-state index is 0.0712. The van der Waals surface area contributed by atoms with Gasteiger partial charge >= 0.3 is 0 Å². The lowest BCUT2D eigenvalue weighted by Gasteiger charge is -2.15. The van der Waals surface area contributed by atoms with Crippen LogP contribution in [-0.4, -0.2) is 21.5 Å². The second-order valence-corrected chi connectivity index (χ2v) is 4.90. The van der Waals surface area contributed by atoms with Crippen LogP contribution < -0.4 is 10.6 Å². The van der Waals surface area contributed by atoms with Gasteiger partial charge in [0.15, 0.2) is 0 Å². The molecule has 100 valence electrons. The Labute approximate surface area is 121 Å². The van der Waals surface area contributed by atoms with Crippen molar-refractivity contribution in [2.24, 2.45) is 0 Å². The van der Waals surface area contributed by atoms with Crippen molar-refractivity contribution in [3.8, 4) is 0 Å². The highest BCUT2D eigenvalue weighted by Gasteiger charge is 2.10. The SMILES string of the molecule is CCNc1ncc(Br)c(NC(C)c2ccccn2)n1. The largest absolute Gasteiger partial charge is 0.361 e. The summed E-state index contributed by atoms with van der Waals surface area (Å²) in [4.78, 5) is 12.9. The van der Waals surface area contributed by atoms with E-state index in [1.54, 1.807) is 12.4 Å². The van der Waals surface area contributed by atoms with E-state index in [4.69, 9.17) is 0 Å². The molecule has 0 aromatic carbocycles. The van der Waals surface area contributed by atoms with Gasteiger partial charge in [-0.2, -0.15) is 4.98 Å². The van der Waals surface area contributed by atoms with Crippen LogP contribution >= 0.6 is 15.9 Å². The first kappa shape index (κ1) is 13.7. The molecule has 2 heterocycles. The maximum atomic E-state index is 4.42. The predicted octanol–water partition coefficient (Wildman–Crippen LogP) is 3.24. The highest BCUT2D eigenvalue weighted by Crippen LogP contribution is 2.24. The summed E-state index contributed by atoms with van der Waals surface area (Å²) >= 11 is 3.45. The molecule has 0 aliphatic rings. The smallest absolute Gasteiger partial charge is 0.224 e. The molecule has 6 heteroatoms. The first-order valence-corrected chi connectivity index (χ1v) is 6.94. The Hall–Kier alpha value is -1.69. The Kier molecular flexibility index (Phi) is 4.68. The third-order valence-electron chi connectivity index (χ3n) is 2.56. The number of anilines is 2. The maximum absolute atomic E-state index is 4.42. The molecule has 19 heavy (non-hydrogen) atoms. The normalized spacial score (nSPS) is 11.9. The van der Waals surface area contributed by atoms with Gasteiger partial charge in [-0.25, -0.2) is 4.98 Å². The molecule has 1 unspecified atom stereocenters. The molecule has 0 radical (unpaired) electrons.